The molecule has 6 heteroatoms. The van der Waals surface area contributed by atoms with E-state index in [1.807, 2.05) is 13.8 Å². The number of rotatable bonds is 7. The third-order valence-electron chi connectivity index (χ3n) is 2.32. The van der Waals surface area contributed by atoms with E-state index in [0.29, 0.717) is 30.4 Å². The number of alkyl halides is 1. The molecule has 0 fully saturated rings. The van der Waals surface area contributed by atoms with Gasteiger partial charge >= 0.3 is 6.09 Å². The van der Waals surface area contributed by atoms with Crippen molar-refractivity contribution in [1.82, 2.24) is 0 Å². The third kappa shape index (κ3) is 5.17. The third-order valence-corrected chi connectivity index (χ3v) is 2.75. The van der Waals surface area contributed by atoms with E-state index < -0.39 is 6.09 Å². The topological polar surface area (TPSA) is 56.8 Å². The van der Waals surface area contributed by atoms with Crippen LogP contribution in [0.25, 0.3) is 0 Å². The Hall–Kier alpha value is -1.62. The van der Waals surface area contributed by atoms with E-state index >= 15 is 0 Å². The molecule has 0 radical (unpaired) electrons. The van der Waals surface area contributed by atoms with Gasteiger partial charge in [0.15, 0.2) is 11.5 Å². The molecule has 1 rings (SSSR count). The quantitative estimate of drug-likeness (QED) is 0.781. The molecule has 5 nitrogen and oxygen atoms in total. The molecule has 1 aromatic rings. The predicted molar refractivity (Wildman–Crippen MR) is 79.1 cm³/mol. The van der Waals surface area contributed by atoms with Crippen molar-refractivity contribution in [2.24, 2.45) is 0 Å². The van der Waals surface area contributed by atoms with Gasteiger partial charge in [0.25, 0.3) is 0 Å². The summed E-state index contributed by atoms with van der Waals surface area (Å²) < 4.78 is 15.9. The molecule has 0 aliphatic carbocycles. The lowest BCUT2D eigenvalue weighted by Crippen LogP contribution is -2.21. The maximum absolute atomic E-state index is 11.6. The Morgan fingerprint density at radius 3 is 2.50 bits per heavy atom. The molecule has 1 aromatic carbocycles. The SMILES string of the molecule is CCOc1ccc(NC(=O)OC(C)CCl)cc1OCC. The Kier molecular flexibility index (Phi) is 7.01. The van der Waals surface area contributed by atoms with Crippen molar-refractivity contribution in [3.8, 4) is 11.5 Å². The van der Waals surface area contributed by atoms with Crippen molar-refractivity contribution in [3.05, 3.63) is 18.2 Å². The first kappa shape index (κ1) is 16.4. The van der Waals surface area contributed by atoms with E-state index in [-0.39, 0.29) is 12.0 Å². The molecular formula is C14H20ClNO4. The fourth-order valence-electron chi connectivity index (χ4n) is 1.49. The minimum Gasteiger partial charge on any atom is -0.490 e. The van der Waals surface area contributed by atoms with E-state index in [2.05, 4.69) is 5.32 Å². The lowest BCUT2D eigenvalue weighted by atomic mass is 10.2. The Morgan fingerprint density at radius 2 is 1.90 bits per heavy atom. The molecule has 112 valence electrons. The number of carbonyl (C=O) groups excluding carboxylic acids is 1. The summed E-state index contributed by atoms with van der Waals surface area (Å²) in [5.74, 6) is 1.47. The fourth-order valence-corrected chi connectivity index (χ4v) is 1.55. The van der Waals surface area contributed by atoms with Crippen LogP contribution in [0.15, 0.2) is 18.2 Å². The first-order valence-corrected chi connectivity index (χ1v) is 7.07. The first-order valence-electron chi connectivity index (χ1n) is 6.53. The van der Waals surface area contributed by atoms with Gasteiger partial charge in [0.2, 0.25) is 0 Å². The van der Waals surface area contributed by atoms with Gasteiger partial charge in [-0.3, -0.25) is 5.32 Å². The number of amides is 1. The second-order valence-corrected chi connectivity index (χ2v) is 4.33. The molecule has 0 saturated heterocycles. The molecule has 0 bridgehead atoms. The fraction of sp³-hybridized carbons (Fsp3) is 0.500. The van der Waals surface area contributed by atoms with Gasteiger partial charge in [0.05, 0.1) is 19.1 Å². The molecule has 1 unspecified atom stereocenters. The van der Waals surface area contributed by atoms with Gasteiger partial charge in [-0.2, -0.15) is 0 Å². The van der Waals surface area contributed by atoms with E-state index in [1.54, 1.807) is 25.1 Å². The second kappa shape index (κ2) is 8.53. The molecule has 1 atom stereocenters. The first-order chi connectivity index (χ1) is 9.60. The van der Waals surface area contributed by atoms with Gasteiger partial charge in [0, 0.05) is 11.8 Å². The van der Waals surface area contributed by atoms with Crippen LogP contribution in [0.2, 0.25) is 0 Å². The highest BCUT2D eigenvalue weighted by molar-refractivity contribution is 6.18. The summed E-state index contributed by atoms with van der Waals surface area (Å²) in [5.41, 5.74) is 0.573. The summed E-state index contributed by atoms with van der Waals surface area (Å²) >= 11 is 5.58. The van der Waals surface area contributed by atoms with E-state index in [4.69, 9.17) is 25.8 Å². The molecule has 20 heavy (non-hydrogen) atoms. The monoisotopic (exact) mass is 301 g/mol. The molecule has 0 spiro atoms. The summed E-state index contributed by atoms with van der Waals surface area (Å²) in [6.07, 6.45) is -0.893. The van der Waals surface area contributed by atoms with Crippen LogP contribution >= 0.6 is 11.6 Å². The lowest BCUT2D eigenvalue weighted by Gasteiger charge is -2.14. The zero-order chi connectivity index (χ0) is 15.0. The van der Waals surface area contributed by atoms with Crippen molar-refractivity contribution in [2.45, 2.75) is 26.9 Å². The van der Waals surface area contributed by atoms with Crippen LogP contribution in [0, 0.1) is 0 Å². The summed E-state index contributed by atoms with van der Waals surface area (Å²) in [7, 11) is 0. The van der Waals surface area contributed by atoms with Crippen molar-refractivity contribution in [3.63, 3.8) is 0 Å². The molecule has 0 saturated carbocycles. The lowest BCUT2D eigenvalue weighted by molar-refractivity contribution is 0.131. The Balaban J connectivity index is 2.75. The van der Waals surface area contributed by atoms with Crippen molar-refractivity contribution in [1.29, 1.82) is 0 Å². The van der Waals surface area contributed by atoms with Gasteiger partial charge in [-0.1, -0.05) is 0 Å². The highest BCUT2D eigenvalue weighted by atomic mass is 35.5. The maximum Gasteiger partial charge on any atom is 0.411 e. The second-order valence-electron chi connectivity index (χ2n) is 4.02. The average Bonchev–Trinajstić information content (AvgIpc) is 2.42. The molecule has 0 aliphatic heterocycles. The number of hydrogen-bond acceptors (Lipinski definition) is 4. The summed E-state index contributed by atoms with van der Waals surface area (Å²) in [6.45, 7) is 6.55. The molecule has 1 amide bonds. The summed E-state index contributed by atoms with van der Waals surface area (Å²) in [4.78, 5) is 11.6. The van der Waals surface area contributed by atoms with Crippen LogP contribution in [0.5, 0.6) is 11.5 Å². The number of carbonyl (C=O) groups is 1. The van der Waals surface area contributed by atoms with Gasteiger partial charge in [0.1, 0.15) is 6.10 Å². The summed E-state index contributed by atoms with van der Waals surface area (Å²) in [6, 6.07) is 5.16. The Bertz CT molecular complexity index is 439. The largest absolute Gasteiger partial charge is 0.490 e. The molecule has 0 aliphatic rings. The van der Waals surface area contributed by atoms with E-state index in [9.17, 15) is 4.79 Å². The van der Waals surface area contributed by atoms with E-state index in [1.165, 1.54) is 0 Å². The Morgan fingerprint density at radius 1 is 1.25 bits per heavy atom. The highest BCUT2D eigenvalue weighted by Gasteiger charge is 2.11. The maximum atomic E-state index is 11.6. The number of hydrogen-bond donors (Lipinski definition) is 1. The molecule has 0 heterocycles. The van der Waals surface area contributed by atoms with Gasteiger partial charge < -0.3 is 14.2 Å². The molecular weight excluding hydrogens is 282 g/mol. The Labute approximate surface area is 124 Å². The number of halogens is 1. The van der Waals surface area contributed by atoms with Crippen LogP contribution in [0.3, 0.4) is 0 Å². The normalized spacial score (nSPS) is 11.6. The molecule has 1 N–H and O–H groups in total. The van der Waals surface area contributed by atoms with Crippen LogP contribution in [0.4, 0.5) is 10.5 Å². The smallest absolute Gasteiger partial charge is 0.411 e. The number of benzene rings is 1. The van der Waals surface area contributed by atoms with E-state index in [0.717, 1.165) is 0 Å². The number of ether oxygens (including phenoxy) is 3. The number of anilines is 1. The zero-order valence-electron chi connectivity index (χ0n) is 11.9. The minimum absolute atomic E-state index is 0.251. The van der Waals surface area contributed by atoms with Crippen molar-refractivity contribution >= 4 is 23.4 Å². The average molecular weight is 302 g/mol. The van der Waals surface area contributed by atoms with Gasteiger partial charge in [-0.25, -0.2) is 4.79 Å². The van der Waals surface area contributed by atoms with Crippen LogP contribution in [0.1, 0.15) is 20.8 Å². The standard InChI is InChI=1S/C14H20ClNO4/c1-4-18-12-7-6-11(8-13(12)19-5-2)16-14(17)20-10(3)9-15/h6-8,10H,4-5,9H2,1-3H3,(H,16,17). The van der Waals surface area contributed by atoms with Crippen LogP contribution < -0.4 is 14.8 Å². The highest BCUT2D eigenvalue weighted by Crippen LogP contribution is 2.30. The van der Waals surface area contributed by atoms with Crippen LogP contribution in [-0.4, -0.2) is 31.3 Å². The van der Waals surface area contributed by atoms with Crippen molar-refractivity contribution < 1.29 is 19.0 Å². The minimum atomic E-state index is -0.551. The van der Waals surface area contributed by atoms with Crippen LogP contribution in [-0.2, 0) is 4.74 Å². The van der Waals surface area contributed by atoms with Crippen molar-refractivity contribution in [2.75, 3.05) is 24.4 Å². The molecule has 0 aromatic heterocycles. The number of nitrogens with one attached hydrogen (secondary N) is 1. The van der Waals surface area contributed by atoms with Gasteiger partial charge in [-0.05, 0) is 32.9 Å². The van der Waals surface area contributed by atoms with Gasteiger partial charge in [-0.15, -0.1) is 11.6 Å². The zero-order valence-corrected chi connectivity index (χ0v) is 12.7. The summed E-state index contributed by atoms with van der Waals surface area (Å²) in [5, 5.41) is 2.62. The predicted octanol–water partition coefficient (Wildman–Crippen LogP) is 3.66.